The Morgan fingerprint density at radius 2 is 1.76 bits per heavy atom. The van der Waals surface area contributed by atoms with Crippen molar-refractivity contribution in [3.8, 4) is 0 Å². The van der Waals surface area contributed by atoms with E-state index >= 15 is 0 Å². The van der Waals surface area contributed by atoms with Gasteiger partial charge in [-0.25, -0.2) is 8.42 Å². The van der Waals surface area contributed by atoms with Gasteiger partial charge in [-0.2, -0.15) is 0 Å². The molecule has 0 bridgehead atoms. The molecule has 1 aromatic rings. The molecule has 116 valence electrons. The highest BCUT2D eigenvalue weighted by Crippen LogP contribution is 2.18. The largest absolute Gasteiger partial charge is 0.460 e. The minimum absolute atomic E-state index is 0.0586. The molecule has 0 aliphatic carbocycles. The van der Waals surface area contributed by atoms with Crippen molar-refractivity contribution in [2.75, 3.05) is 5.75 Å². The number of carbonyl (C=O) groups is 1. The Labute approximate surface area is 123 Å². The maximum Gasteiger partial charge on any atom is 0.307 e. The highest BCUT2D eigenvalue weighted by atomic mass is 32.2. The van der Waals surface area contributed by atoms with Crippen LogP contribution in [-0.2, 0) is 19.4 Å². The lowest BCUT2D eigenvalue weighted by atomic mass is 10.2. The lowest BCUT2D eigenvalue weighted by molar-refractivity contribution is -0.384. The van der Waals surface area contributed by atoms with Crippen LogP contribution in [0.15, 0.2) is 29.2 Å². The summed E-state index contributed by atoms with van der Waals surface area (Å²) in [4.78, 5) is 21.3. The van der Waals surface area contributed by atoms with E-state index in [1.807, 2.05) is 0 Å². The number of hydrogen-bond donors (Lipinski definition) is 0. The summed E-state index contributed by atoms with van der Waals surface area (Å²) in [5.74, 6) is -1.01. The normalized spacial score (nSPS) is 12.0. The van der Waals surface area contributed by atoms with Crippen LogP contribution in [0.2, 0.25) is 0 Å². The van der Waals surface area contributed by atoms with Crippen LogP contribution in [-0.4, -0.2) is 30.7 Å². The van der Waals surface area contributed by atoms with Crippen molar-refractivity contribution >= 4 is 21.5 Å². The predicted octanol–water partition coefficient (Wildman–Crippen LogP) is 2.10. The summed E-state index contributed by atoms with van der Waals surface area (Å²) in [7, 11) is -3.68. The van der Waals surface area contributed by atoms with Crippen molar-refractivity contribution in [2.45, 2.75) is 37.7 Å². The molecule has 1 rings (SSSR count). The summed E-state index contributed by atoms with van der Waals surface area (Å²) in [6, 6.07) is 4.53. The predicted molar refractivity (Wildman–Crippen MR) is 75.6 cm³/mol. The van der Waals surface area contributed by atoms with Crippen LogP contribution < -0.4 is 0 Å². The van der Waals surface area contributed by atoms with Crippen molar-refractivity contribution < 1.29 is 22.9 Å². The fourth-order valence-corrected chi connectivity index (χ4v) is 2.73. The monoisotopic (exact) mass is 315 g/mol. The molecule has 0 spiro atoms. The molecule has 0 N–H and O–H groups in total. The average Bonchev–Trinajstić information content (AvgIpc) is 2.34. The molecule has 0 fully saturated rings. The second-order valence-corrected chi connectivity index (χ2v) is 7.52. The van der Waals surface area contributed by atoms with Crippen LogP contribution in [0.4, 0.5) is 5.69 Å². The van der Waals surface area contributed by atoms with Crippen LogP contribution >= 0.6 is 0 Å². The van der Waals surface area contributed by atoms with E-state index in [9.17, 15) is 23.3 Å². The van der Waals surface area contributed by atoms with Gasteiger partial charge in [0.25, 0.3) is 5.69 Å². The fourth-order valence-electron chi connectivity index (χ4n) is 1.50. The highest BCUT2D eigenvalue weighted by molar-refractivity contribution is 7.91. The summed E-state index contributed by atoms with van der Waals surface area (Å²) >= 11 is 0. The molecule has 0 atom stereocenters. The number of non-ortho nitro benzene ring substituents is 1. The second-order valence-electron chi connectivity index (χ2n) is 5.41. The Hall–Kier alpha value is -1.96. The van der Waals surface area contributed by atoms with Gasteiger partial charge in [-0.3, -0.25) is 14.9 Å². The SMILES string of the molecule is CC(C)(C)OC(=O)CCS(=O)(=O)c1ccc([N+](=O)[O-])cc1. The molecule has 0 aliphatic heterocycles. The Kier molecular flexibility index (Phi) is 5.06. The number of esters is 1. The van der Waals surface area contributed by atoms with Crippen LogP contribution in [0.1, 0.15) is 27.2 Å². The average molecular weight is 315 g/mol. The smallest absolute Gasteiger partial charge is 0.307 e. The van der Waals surface area contributed by atoms with E-state index in [-0.39, 0.29) is 17.0 Å². The molecule has 0 saturated carbocycles. The molecule has 21 heavy (non-hydrogen) atoms. The maximum absolute atomic E-state index is 12.0. The van der Waals surface area contributed by atoms with E-state index in [0.29, 0.717) is 0 Å². The second kappa shape index (κ2) is 6.21. The van der Waals surface area contributed by atoms with E-state index in [1.54, 1.807) is 20.8 Å². The summed E-state index contributed by atoms with van der Waals surface area (Å²) in [5.41, 5.74) is -0.866. The zero-order valence-electron chi connectivity index (χ0n) is 12.0. The van der Waals surface area contributed by atoms with Gasteiger partial charge >= 0.3 is 5.97 Å². The zero-order valence-corrected chi connectivity index (χ0v) is 12.8. The van der Waals surface area contributed by atoms with E-state index in [0.717, 1.165) is 24.3 Å². The first kappa shape index (κ1) is 17.1. The molecule has 0 radical (unpaired) electrons. The molecule has 0 heterocycles. The first-order valence-electron chi connectivity index (χ1n) is 6.20. The van der Waals surface area contributed by atoms with Gasteiger partial charge in [0.05, 0.1) is 22.0 Å². The minimum atomic E-state index is -3.68. The van der Waals surface area contributed by atoms with Gasteiger partial charge in [-0.05, 0) is 32.9 Å². The maximum atomic E-state index is 12.0. The number of nitro groups is 1. The van der Waals surface area contributed by atoms with Gasteiger partial charge in [0.15, 0.2) is 9.84 Å². The van der Waals surface area contributed by atoms with Crippen molar-refractivity contribution in [3.63, 3.8) is 0 Å². The van der Waals surface area contributed by atoms with Gasteiger partial charge in [0.1, 0.15) is 5.60 Å². The number of rotatable bonds is 5. The third-order valence-electron chi connectivity index (χ3n) is 2.40. The number of ether oxygens (including phenoxy) is 1. The Balaban J connectivity index is 2.74. The van der Waals surface area contributed by atoms with Gasteiger partial charge in [-0.15, -0.1) is 0 Å². The van der Waals surface area contributed by atoms with Crippen molar-refractivity contribution in [2.24, 2.45) is 0 Å². The fraction of sp³-hybridized carbons (Fsp3) is 0.462. The Bertz CT molecular complexity index is 628. The highest BCUT2D eigenvalue weighted by Gasteiger charge is 2.21. The van der Waals surface area contributed by atoms with Crippen LogP contribution in [0, 0.1) is 10.1 Å². The lowest BCUT2D eigenvalue weighted by Crippen LogP contribution is -2.25. The van der Waals surface area contributed by atoms with Crippen molar-refractivity contribution in [1.29, 1.82) is 0 Å². The van der Waals surface area contributed by atoms with Crippen molar-refractivity contribution in [3.05, 3.63) is 34.4 Å². The summed E-state index contributed by atoms with van der Waals surface area (Å²) in [6.45, 7) is 5.07. The van der Waals surface area contributed by atoms with Crippen molar-refractivity contribution in [1.82, 2.24) is 0 Å². The van der Waals surface area contributed by atoms with Crippen LogP contribution in [0.25, 0.3) is 0 Å². The molecule has 0 amide bonds. The molecule has 8 heteroatoms. The number of benzene rings is 1. The molecule has 0 aromatic heterocycles. The van der Waals surface area contributed by atoms with Gasteiger partial charge in [0, 0.05) is 12.1 Å². The van der Waals surface area contributed by atoms with Gasteiger partial charge in [0.2, 0.25) is 0 Å². The quantitative estimate of drug-likeness (QED) is 0.468. The summed E-state index contributed by atoms with van der Waals surface area (Å²) < 4.78 is 29.0. The number of nitrogens with zero attached hydrogens (tertiary/aromatic N) is 1. The minimum Gasteiger partial charge on any atom is -0.460 e. The summed E-state index contributed by atoms with van der Waals surface area (Å²) in [6.07, 6.45) is -0.267. The lowest BCUT2D eigenvalue weighted by Gasteiger charge is -2.19. The van der Waals surface area contributed by atoms with E-state index in [2.05, 4.69) is 0 Å². The molecule has 1 aromatic carbocycles. The Morgan fingerprint density at radius 1 is 1.24 bits per heavy atom. The van der Waals surface area contributed by atoms with Gasteiger partial charge < -0.3 is 4.74 Å². The number of sulfone groups is 1. The molecular formula is C13H17NO6S. The Morgan fingerprint density at radius 3 is 2.19 bits per heavy atom. The van der Waals surface area contributed by atoms with Crippen LogP contribution in [0.3, 0.4) is 0 Å². The van der Waals surface area contributed by atoms with E-state index < -0.39 is 32.1 Å². The van der Waals surface area contributed by atoms with E-state index in [4.69, 9.17) is 4.74 Å². The third-order valence-corrected chi connectivity index (χ3v) is 4.13. The molecule has 0 saturated heterocycles. The molecule has 0 unspecified atom stereocenters. The first-order chi connectivity index (χ1) is 9.51. The van der Waals surface area contributed by atoms with E-state index in [1.165, 1.54) is 0 Å². The number of carbonyl (C=O) groups excluding carboxylic acids is 1. The third kappa shape index (κ3) is 5.50. The van der Waals surface area contributed by atoms with Gasteiger partial charge in [-0.1, -0.05) is 0 Å². The molecular weight excluding hydrogens is 298 g/mol. The van der Waals surface area contributed by atoms with Crippen LogP contribution in [0.5, 0.6) is 0 Å². The first-order valence-corrected chi connectivity index (χ1v) is 7.85. The number of nitro benzene ring substituents is 1. The topological polar surface area (TPSA) is 104 Å². The molecule has 0 aliphatic rings. The zero-order chi connectivity index (χ0) is 16.3. The summed E-state index contributed by atoms with van der Waals surface area (Å²) in [5, 5.41) is 10.5. The number of hydrogen-bond acceptors (Lipinski definition) is 6. The standard InChI is InChI=1S/C13H17NO6S/c1-13(2,3)20-12(15)8-9-21(18,19)11-6-4-10(5-7-11)14(16)17/h4-7H,8-9H2,1-3H3. The molecule has 7 nitrogen and oxygen atoms in total.